The van der Waals surface area contributed by atoms with E-state index >= 15 is 0 Å². The van der Waals surface area contributed by atoms with Crippen molar-refractivity contribution in [2.75, 3.05) is 4.81 Å². The van der Waals surface area contributed by atoms with Gasteiger partial charge in [-0.25, -0.2) is 4.98 Å². The highest BCUT2D eigenvalue weighted by molar-refractivity contribution is 6.94. The zero-order valence-electron chi connectivity index (χ0n) is 38.6. The molecular weight excluding hydrogens is 805 g/mol. The number of benzene rings is 8. The van der Waals surface area contributed by atoms with Crippen LogP contribution >= 0.6 is 0 Å². The summed E-state index contributed by atoms with van der Waals surface area (Å²) in [6.07, 6.45) is 0. The summed E-state index contributed by atoms with van der Waals surface area (Å²) in [6, 6.07) is 53.9. The number of para-hydroxylation sites is 1. The zero-order chi connectivity index (χ0) is 44.8. The molecule has 0 bridgehead atoms. The van der Waals surface area contributed by atoms with Crippen molar-refractivity contribution < 1.29 is 8.83 Å². The fraction of sp³-hybridized carbons (Fsp3) is 0.183. The highest BCUT2D eigenvalue weighted by atomic mass is 16.3. The molecule has 66 heavy (non-hydrogen) atoms. The first-order valence-electron chi connectivity index (χ1n) is 23.4. The van der Waals surface area contributed by atoms with Gasteiger partial charge in [-0.05, 0) is 121 Å². The SMILES string of the molecule is CC(C)(C)c1ccc(N2B3c4cc5nc(-c6ccccc6)oc5cc4-n4c5ccc(C(C)(C)C)cc5c5c6c(c(c3c54)-c3cc4oc5ccccc5c4cc32)C(C)(C)c2ccccc2-6)cc1. The Kier molecular flexibility index (Phi) is 7.21. The lowest BCUT2D eigenvalue weighted by atomic mass is 9.43. The monoisotopic (exact) mass is 853 g/mol. The smallest absolute Gasteiger partial charge is 0.333 e. The van der Waals surface area contributed by atoms with Gasteiger partial charge in [0.25, 0.3) is 0 Å². The summed E-state index contributed by atoms with van der Waals surface area (Å²) in [5.74, 6) is 0.624. The van der Waals surface area contributed by atoms with Crippen LogP contribution in [0.1, 0.15) is 77.6 Å². The third-order valence-electron chi connectivity index (χ3n) is 15.3. The molecule has 11 aromatic rings. The van der Waals surface area contributed by atoms with Crippen molar-refractivity contribution in [2.45, 2.75) is 71.6 Å². The van der Waals surface area contributed by atoms with Crippen molar-refractivity contribution in [2.24, 2.45) is 0 Å². The van der Waals surface area contributed by atoms with Crippen LogP contribution in [0.25, 0.3) is 94.2 Å². The summed E-state index contributed by atoms with van der Waals surface area (Å²) in [5.41, 5.74) is 22.9. The Bertz CT molecular complexity index is 3930. The predicted octanol–water partition coefficient (Wildman–Crippen LogP) is 14.6. The van der Waals surface area contributed by atoms with Crippen LogP contribution in [0.2, 0.25) is 0 Å². The van der Waals surface area contributed by atoms with Gasteiger partial charge in [0.15, 0.2) is 5.58 Å². The van der Waals surface area contributed by atoms with Crippen molar-refractivity contribution in [3.63, 3.8) is 0 Å². The van der Waals surface area contributed by atoms with Crippen molar-refractivity contribution in [1.82, 2.24) is 9.55 Å². The van der Waals surface area contributed by atoms with Crippen molar-refractivity contribution in [3.8, 4) is 39.4 Å². The van der Waals surface area contributed by atoms with Crippen LogP contribution in [0.5, 0.6) is 0 Å². The first-order chi connectivity index (χ1) is 31.8. The summed E-state index contributed by atoms with van der Waals surface area (Å²) in [5, 5.41) is 4.83. The van der Waals surface area contributed by atoms with Gasteiger partial charge in [0.05, 0.1) is 11.0 Å². The molecule has 1 aliphatic carbocycles. The number of anilines is 2. The highest BCUT2D eigenvalue weighted by Gasteiger charge is 2.50. The van der Waals surface area contributed by atoms with E-state index < -0.39 is 0 Å². The molecule has 0 atom stereocenters. The second-order valence-corrected chi connectivity index (χ2v) is 21.5. The molecule has 318 valence electrons. The standard InChI is InChI=1S/C60H48BN3O2/c1-58(2,3)34-22-25-36(26-23-34)64-46-29-39-37-18-13-15-21-48(37)65-49(39)30-41(46)53-54-51(38-19-12-14-20-42(38)60(54,7)8)52-40-28-35(59(4,5)6)24-27-45(40)63-47-32-50-44(31-43(47)61(64)55(53)56(52)63)62-57(66-50)33-16-10-9-11-17-33/h9-32H,1-8H3. The Hall–Kier alpha value is -7.31. The topological polar surface area (TPSA) is 47.3 Å². The van der Waals surface area contributed by atoms with Crippen LogP contribution in [0.4, 0.5) is 11.4 Å². The maximum Gasteiger partial charge on any atom is 0.333 e. The Morgan fingerprint density at radius 2 is 1.30 bits per heavy atom. The van der Waals surface area contributed by atoms with E-state index in [1.165, 1.54) is 82.9 Å². The van der Waals surface area contributed by atoms with Gasteiger partial charge in [0, 0.05) is 61.2 Å². The second kappa shape index (κ2) is 12.5. The number of oxazole rings is 1. The molecule has 0 radical (unpaired) electrons. The van der Waals surface area contributed by atoms with Crippen LogP contribution in [0.15, 0.2) is 154 Å². The van der Waals surface area contributed by atoms with E-state index in [0.717, 1.165) is 50.0 Å². The third-order valence-corrected chi connectivity index (χ3v) is 15.3. The Morgan fingerprint density at radius 1 is 0.576 bits per heavy atom. The van der Waals surface area contributed by atoms with Crippen LogP contribution < -0.4 is 15.7 Å². The van der Waals surface area contributed by atoms with Gasteiger partial charge in [0.2, 0.25) is 5.89 Å². The highest BCUT2D eigenvalue weighted by Crippen LogP contribution is 2.59. The lowest BCUT2D eigenvalue weighted by Gasteiger charge is -2.43. The maximum atomic E-state index is 6.81. The van der Waals surface area contributed by atoms with Crippen LogP contribution in [0, 0.1) is 0 Å². The Morgan fingerprint density at radius 3 is 2.09 bits per heavy atom. The van der Waals surface area contributed by atoms with Gasteiger partial charge in [-0.2, -0.15) is 0 Å². The van der Waals surface area contributed by atoms with Crippen LogP contribution in [-0.4, -0.2) is 16.4 Å². The predicted molar refractivity (Wildman–Crippen MR) is 275 cm³/mol. The van der Waals surface area contributed by atoms with Gasteiger partial charge >= 0.3 is 6.85 Å². The normalized spacial score (nSPS) is 14.7. The lowest BCUT2D eigenvalue weighted by molar-refractivity contribution is 0.590. The average molecular weight is 854 g/mol. The van der Waals surface area contributed by atoms with E-state index in [4.69, 9.17) is 13.8 Å². The summed E-state index contributed by atoms with van der Waals surface area (Å²) in [7, 11) is 0. The van der Waals surface area contributed by atoms with Gasteiger partial charge in [-0.3, -0.25) is 0 Å². The summed E-state index contributed by atoms with van der Waals surface area (Å²) in [6.45, 7) is 18.5. The molecule has 0 saturated heterocycles. The van der Waals surface area contributed by atoms with E-state index in [9.17, 15) is 0 Å². The number of aromatic nitrogens is 2. The molecule has 2 aliphatic heterocycles. The van der Waals surface area contributed by atoms with Gasteiger partial charge in [-0.1, -0.05) is 134 Å². The summed E-state index contributed by atoms with van der Waals surface area (Å²) < 4.78 is 16.1. The molecule has 0 unspecified atom stereocenters. The maximum absolute atomic E-state index is 6.81. The van der Waals surface area contributed by atoms with E-state index in [-0.39, 0.29) is 23.1 Å². The first kappa shape index (κ1) is 38.0. The number of furan rings is 1. The molecule has 3 aromatic heterocycles. The molecule has 5 heterocycles. The number of rotatable bonds is 2. The first-order valence-corrected chi connectivity index (χ1v) is 23.4. The largest absolute Gasteiger partial charge is 0.456 e. The van der Waals surface area contributed by atoms with E-state index in [1.807, 2.05) is 18.2 Å². The number of hydrogen-bond acceptors (Lipinski definition) is 4. The van der Waals surface area contributed by atoms with Crippen molar-refractivity contribution >= 4 is 84.0 Å². The van der Waals surface area contributed by atoms with E-state index in [1.54, 1.807) is 0 Å². The molecule has 3 aliphatic rings. The number of nitrogens with zero attached hydrogens (tertiary/aromatic N) is 3. The Labute approximate surface area is 384 Å². The lowest BCUT2D eigenvalue weighted by Crippen LogP contribution is -2.61. The van der Waals surface area contributed by atoms with Gasteiger partial charge in [0.1, 0.15) is 16.7 Å². The quantitative estimate of drug-likeness (QED) is 0.163. The Balaban J connectivity index is 1.21. The fourth-order valence-corrected chi connectivity index (χ4v) is 12.1. The van der Waals surface area contributed by atoms with Crippen molar-refractivity contribution in [1.29, 1.82) is 0 Å². The van der Waals surface area contributed by atoms with Crippen molar-refractivity contribution in [3.05, 3.63) is 168 Å². The molecule has 0 spiro atoms. The fourth-order valence-electron chi connectivity index (χ4n) is 12.1. The molecule has 0 amide bonds. The van der Waals surface area contributed by atoms with E-state index in [0.29, 0.717) is 5.89 Å². The van der Waals surface area contributed by atoms with Gasteiger partial charge < -0.3 is 18.2 Å². The van der Waals surface area contributed by atoms with Crippen LogP contribution in [0.3, 0.4) is 0 Å². The minimum Gasteiger partial charge on any atom is -0.456 e. The number of hydrogen-bond donors (Lipinski definition) is 0. The van der Waals surface area contributed by atoms with Crippen LogP contribution in [-0.2, 0) is 16.2 Å². The summed E-state index contributed by atoms with van der Waals surface area (Å²) in [4.78, 5) is 7.88. The molecule has 0 N–H and O–H groups in total. The number of fused-ring (bicyclic) bond motifs is 17. The zero-order valence-corrected chi connectivity index (χ0v) is 38.6. The second-order valence-electron chi connectivity index (χ2n) is 21.5. The molecule has 8 aromatic carbocycles. The average Bonchev–Trinajstić information content (AvgIpc) is 4.05. The molecule has 6 heteroatoms. The minimum absolute atomic E-state index is 0.000580. The minimum atomic E-state index is -0.315. The van der Waals surface area contributed by atoms with E-state index in [2.05, 4.69) is 192 Å². The molecule has 14 rings (SSSR count). The van der Waals surface area contributed by atoms with Gasteiger partial charge in [-0.15, -0.1) is 0 Å². The molecular formula is C60H48BN3O2. The molecule has 0 saturated carbocycles. The third kappa shape index (κ3) is 4.89. The molecule has 0 fully saturated rings. The summed E-state index contributed by atoms with van der Waals surface area (Å²) >= 11 is 0. The molecule has 5 nitrogen and oxygen atoms in total.